The summed E-state index contributed by atoms with van der Waals surface area (Å²) in [6, 6.07) is 7.88. The molecule has 2 rings (SSSR count). The molecule has 1 saturated heterocycles. The molecule has 1 aliphatic rings. The second-order valence-corrected chi connectivity index (χ2v) is 4.30. The van der Waals surface area contributed by atoms with E-state index in [0.29, 0.717) is 12.5 Å². The van der Waals surface area contributed by atoms with Crippen molar-refractivity contribution < 1.29 is 9.53 Å². The fourth-order valence-electron chi connectivity index (χ4n) is 2.23. The molecule has 1 aromatic carbocycles. The van der Waals surface area contributed by atoms with E-state index in [1.807, 2.05) is 25.1 Å². The highest BCUT2D eigenvalue weighted by atomic mass is 16.6. The summed E-state index contributed by atoms with van der Waals surface area (Å²) in [5.74, 6) is 0.378. The third kappa shape index (κ3) is 2.70. The number of amides is 1. The third-order valence-corrected chi connectivity index (χ3v) is 3.10. The number of nitrogen functional groups attached to an aromatic ring is 1. The summed E-state index contributed by atoms with van der Waals surface area (Å²) < 4.78 is 5.00. The van der Waals surface area contributed by atoms with Crippen molar-refractivity contribution in [3.8, 4) is 0 Å². The van der Waals surface area contributed by atoms with E-state index >= 15 is 0 Å². The molecule has 1 aromatic rings. The van der Waals surface area contributed by atoms with Gasteiger partial charge in [-0.3, -0.25) is 0 Å². The maximum atomic E-state index is 11.6. The first-order valence-electron chi connectivity index (χ1n) is 5.98. The Kier molecular flexibility index (Phi) is 3.52. The topological polar surface area (TPSA) is 55.6 Å². The van der Waals surface area contributed by atoms with Crippen LogP contribution in [0.5, 0.6) is 0 Å². The smallest absolute Gasteiger partial charge is 0.409 e. The largest absolute Gasteiger partial charge is 0.450 e. The van der Waals surface area contributed by atoms with Crippen LogP contribution in [0, 0.1) is 0 Å². The number of carbonyl (C=O) groups excluding carboxylic acids is 1. The molecule has 1 amide bonds. The lowest BCUT2D eigenvalue weighted by Gasteiger charge is -2.16. The number of hydrogen-bond donors (Lipinski definition) is 1. The van der Waals surface area contributed by atoms with E-state index in [0.717, 1.165) is 25.2 Å². The van der Waals surface area contributed by atoms with Crippen molar-refractivity contribution in [1.82, 2.24) is 4.90 Å². The van der Waals surface area contributed by atoms with Crippen molar-refractivity contribution in [1.29, 1.82) is 0 Å². The van der Waals surface area contributed by atoms with E-state index in [4.69, 9.17) is 10.5 Å². The summed E-state index contributed by atoms with van der Waals surface area (Å²) in [7, 11) is 0. The Balaban J connectivity index is 2.00. The molecular formula is C13H18N2O2. The Morgan fingerprint density at radius 3 is 3.12 bits per heavy atom. The normalized spacial score (nSPS) is 19.4. The van der Waals surface area contributed by atoms with Crippen molar-refractivity contribution in [2.45, 2.75) is 19.3 Å². The molecular weight excluding hydrogens is 216 g/mol. The van der Waals surface area contributed by atoms with Crippen LogP contribution in [-0.2, 0) is 4.74 Å². The summed E-state index contributed by atoms with van der Waals surface area (Å²) in [4.78, 5) is 13.3. The second-order valence-electron chi connectivity index (χ2n) is 4.30. The predicted molar refractivity (Wildman–Crippen MR) is 66.8 cm³/mol. The lowest BCUT2D eigenvalue weighted by Crippen LogP contribution is -2.29. The van der Waals surface area contributed by atoms with Crippen LogP contribution in [0.15, 0.2) is 24.3 Å². The van der Waals surface area contributed by atoms with Crippen molar-refractivity contribution in [3.05, 3.63) is 29.8 Å². The number of nitrogens with zero attached hydrogens (tertiary/aromatic N) is 1. The molecule has 17 heavy (non-hydrogen) atoms. The minimum Gasteiger partial charge on any atom is -0.450 e. The maximum Gasteiger partial charge on any atom is 0.409 e. The molecule has 0 radical (unpaired) electrons. The lowest BCUT2D eigenvalue weighted by atomic mass is 9.98. The van der Waals surface area contributed by atoms with Gasteiger partial charge in [0.1, 0.15) is 0 Å². The van der Waals surface area contributed by atoms with Crippen LogP contribution in [0.1, 0.15) is 24.8 Å². The van der Waals surface area contributed by atoms with Gasteiger partial charge in [-0.2, -0.15) is 0 Å². The monoisotopic (exact) mass is 234 g/mol. The highest BCUT2D eigenvalue weighted by Gasteiger charge is 2.27. The minimum absolute atomic E-state index is 0.209. The van der Waals surface area contributed by atoms with Gasteiger partial charge in [0.2, 0.25) is 0 Å². The molecule has 92 valence electrons. The lowest BCUT2D eigenvalue weighted by molar-refractivity contribution is 0.115. The van der Waals surface area contributed by atoms with Gasteiger partial charge in [-0.05, 0) is 31.0 Å². The summed E-state index contributed by atoms with van der Waals surface area (Å²) in [6.45, 7) is 3.74. The van der Waals surface area contributed by atoms with Gasteiger partial charge in [0.05, 0.1) is 6.61 Å². The third-order valence-electron chi connectivity index (χ3n) is 3.10. The number of hydrogen-bond acceptors (Lipinski definition) is 3. The number of carbonyl (C=O) groups is 1. The van der Waals surface area contributed by atoms with Crippen LogP contribution in [0.3, 0.4) is 0 Å². The second kappa shape index (κ2) is 5.08. The molecule has 1 fully saturated rings. The molecule has 4 nitrogen and oxygen atoms in total. The van der Waals surface area contributed by atoms with E-state index in [1.165, 1.54) is 5.56 Å². The Labute approximate surface area is 101 Å². The van der Waals surface area contributed by atoms with Crippen LogP contribution >= 0.6 is 0 Å². The van der Waals surface area contributed by atoms with Crippen LogP contribution in [0.4, 0.5) is 10.5 Å². The van der Waals surface area contributed by atoms with Crippen LogP contribution in [0.2, 0.25) is 0 Å². The van der Waals surface area contributed by atoms with E-state index in [9.17, 15) is 4.79 Å². The quantitative estimate of drug-likeness (QED) is 0.798. The molecule has 0 aromatic heterocycles. The molecule has 2 N–H and O–H groups in total. The Morgan fingerprint density at radius 2 is 2.41 bits per heavy atom. The molecule has 1 heterocycles. The maximum absolute atomic E-state index is 11.6. The zero-order valence-electron chi connectivity index (χ0n) is 10.1. The molecule has 0 saturated carbocycles. The Hall–Kier alpha value is -1.71. The number of benzene rings is 1. The summed E-state index contributed by atoms with van der Waals surface area (Å²) >= 11 is 0. The van der Waals surface area contributed by atoms with Crippen molar-refractivity contribution in [2.24, 2.45) is 0 Å². The number of likely N-dealkylation sites (tertiary alicyclic amines) is 1. The predicted octanol–water partition coefficient (Wildman–Crippen LogP) is 2.21. The molecule has 0 aliphatic carbocycles. The number of ether oxygens (including phenoxy) is 1. The molecule has 1 aliphatic heterocycles. The van der Waals surface area contributed by atoms with E-state index in [-0.39, 0.29) is 6.09 Å². The van der Waals surface area contributed by atoms with Gasteiger partial charge in [-0.1, -0.05) is 12.1 Å². The van der Waals surface area contributed by atoms with E-state index in [1.54, 1.807) is 4.90 Å². The zero-order valence-corrected chi connectivity index (χ0v) is 10.1. The highest BCUT2D eigenvalue weighted by Crippen LogP contribution is 2.28. The van der Waals surface area contributed by atoms with Gasteiger partial charge >= 0.3 is 6.09 Å². The minimum atomic E-state index is -0.209. The summed E-state index contributed by atoms with van der Waals surface area (Å²) in [5.41, 5.74) is 7.74. The first kappa shape index (κ1) is 11.8. The van der Waals surface area contributed by atoms with Crippen molar-refractivity contribution >= 4 is 11.8 Å². The van der Waals surface area contributed by atoms with Crippen LogP contribution < -0.4 is 5.73 Å². The van der Waals surface area contributed by atoms with Gasteiger partial charge < -0.3 is 15.4 Å². The number of rotatable bonds is 2. The number of anilines is 1. The highest BCUT2D eigenvalue weighted by molar-refractivity contribution is 5.68. The summed E-state index contributed by atoms with van der Waals surface area (Å²) in [6.07, 6.45) is 0.765. The van der Waals surface area contributed by atoms with Crippen molar-refractivity contribution in [3.63, 3.8) is 0 Å². The molecule has 0 spiro atoms. The van der Waals surface area contributed by atoms with E-state index < -0.39 is 0 Å². The van der Waals surface area contributed by atoms with Crippen molar-refractivity contribution in [2.75, 3.05) is 25.4 Å². The van der Waals surface area contributed by atoms with E-state index in [2.05, 4.69) is 6.07 Å². The average molecular weight is 234 g/mol. The molecule has 1 atom stereocenters. The van der Waals surface area contributed by atoms with Gasteiger partial charge in [0.15, 0.2) is 0 Å². The zero-order chi connectivity index (χ0) is 12.3. The SMILES string of the molecule is CCOC(=O)N1CCC(c2cccc(N)c2)C1. The Morgan fingerprint density at radius 1 is 1.59 bits per heavy atom. The van der Waals surface area contributed by atoms with Crippen LogP contribution in [-0.4, -0.2) is 30.7 Å². The Bertz CT molecular complexity index is 406. The first-order valence-corrected chi connectivity index (χ1v) is 5.98. The summed E-state index contributed by atoms with van der Waals surface area (Å²) in [5, 5.41) is 0. The molecule has 0 bridgehead atoms. The first-order chi connectivity index (χ1) is 8.20. The fourth-order valence-corrected chi connectivity index (χ4v) is 2.23. The van der Waals surface area contributed by atoms with Gasteiger partial charge in [0, 0.05) is 24.7 Å². The number of nitrogens with two attached hydrogens (primary N) is 1. The van der Waals surface area contributed by atoms with Gasteiger partial charge in [0.25, 0.3) is 0 Å². The van der Waals surface area contributed by atoms with Crippen LogP contribution in [0.25, 0.3) is 0 Å². The standard InChI is InChI=1S/C13H18N2O2/c1-2-17-13(16)15-7-6-11(9-15)10-4-3-5-12(14)8-10/h3-5,8,11H,2,6-7,9,14H2,1H3. The fraction of sp³-hybridized carbons (Fsp3) is 0.462. The molecule has 1 unspecified atom stereocenters. The van der Waals surface area contributed by atoms with Gasteiger partial charge in [-0.15, -0.1) is 0 Å². The average Bonchev–Trinajstić information content (AvgIpc) is 2.78. The van der Waals surface area contributed by atoms with Gasteiger partial charge in [-0.25, -0.2) is 4.79 Å². The molecule has 4 heteroatoms.